The number of amides is 3. The summed E-state index contributed by atoms with van der Waals surface area (Å²) in [6, 6.07) is 1.76. The van der Waals surface area contributed by atoms with Crippen LogP contribution in [0.3, 0.4) is 0 Å². The van der Waals surface area contributed by atoms with Gasteiger partial charge in [-0.25, -0.2) is 9.78 Å². The number of phenols is 1. The highest BCUT2D eigenvalue weighted by Gasteiger charge is 2.29. The number of nitrogens with one attached hydrogen (secondary N) is 4. The Labute approximate surface area is 214 Å². The summed E-state index contributed by atoms with van der Waals surface area (Å²) < 4.78 is 0. The van der Waals surface area contributed by atoms with Gasteiger partial charge >= 0.3 is 5.97 Å². The Balaban J connectivity index is 2.07. The van der Waals surface area contributed by atoms with Crippen LogP contribution in [0.25, 0.3) is 0 Å². The number of nitrogens with two attached hydrogens (primary N) is 2. The number of hydrogen-bond acceptors (Lipinski definition) is 8. The van der Waals surface area contributed by atoms with E-state index in [9.17, 15) is 29.4 Å². The second kappa shape index (κ2) is 14.6. The van der Waals surface area contributed by atoms with Crippen LogP contribution in [0.15, 0.2) is 36.8 Å². The number of rotatable bonds is 15. The predicted octanol–water partition coefficient (Wildman–Crippen LogP) is -1.08. The van der Waals surface area contributed by atoms with Crippen molar-refractivity contribution >= 4 is 23.7 Å². The molecule has 1 aromatic carbocycles. The number of imidazole rings is 1. The Morgan fingerprint density at radius 2 is 1.65 bits per heavy atom. The van der Waals surface area contributed by atoms with Gasteiger partial charge in [0.15, 0.2) is 0 Å². The molecular weight excluding hydrogens is 482 g/mol. The number of carboxylic acid groups (broad SMARTS) is 1. The maximum Gasteiger partial charge on any atom is 0.326 e. The van der Waals surface area contributed by atoms with E-state index in [1.807, 2.05) is 0 Å². The molecule has 0 bridgehead atoms. The average Bonchev–Trinajstić information content (AvgIpc) is 3.37. The Morgan fingerprint density at radius 3 is 2.24 bits per heavy atom. The number of carbonyl (C=O) groups excluding carboxylic acids is 3. The third-order valence-electron chi connectivity index (χ3n) is 5.65. The van der Waals surface area contributed by atoms with Gasteiger partial charge < -0.3 is 42.6 Å². The first-order chi connectivity index (χ1) is 17.6. The summed E-state index contributed by atoms with van der Waals surface area (Å²) in [5.41, 5.74) is 12.7. The minimum absolute atomic E-state index is 0.0208. The van der Waals surface area contributed by atoms with Crippen LogP contribution in [0.2, 0.25) is 0 Å². The summed E-state index contributed by atoms with van der Waals surface area (Å²) in [6.45, 7) is 1.84. The number of benzene rings is 1. The number of aromatic amines is 1. The molecule has 0 aliphatic carbocycles. The second-order valence-electron chi connectivity index (χ2n) is 8.73. The van der Waals surface area contributed by atoms with Gasteiger partial charge in [-0.3, -0.25) is 14.4 Å². The summed E-state index contributed by atoms with van der Waals surface area (Å²) in [6.07, 6.45) is 4.49. The highest BCUT2D eigenvalue weighted by Crippen LogP contribution is 2.12. The summed E-state index contributed by atoms with van der Waals surface area (Å²) in [5.74, 6) is -3.09. The molecular formula is C24H35N7O6. The van der Waals surface area contributed by atoms with Gasteiger partial charge in [0.25, 0.3) is 0 Å². The maximum absolute atomic E-state index is 13.0. The average molecular weight is 518 g/mol. The van der Waals surface area contributed by atoms with Gasteiger partial charge in [0, 0.05) is 24.7 Å². The first kappa shape index (κ1) is 29.3. The van der Waals surface area contributed by atoms with E-state index < -0.39 is 47.9 Å². The van der Waals surface area contributed by atoms with Gasteiger partial charge in [-0.15, -0.1) is 0 Å². The second-order valence-corrected chi connectivity index (χ2v) is 8.73. The van der Waals surface area contributed by atoms with Crippen LogP contribution in [0.1, 0.15) is 37.4 Å². The van der Waals surface area contributed by atoms with Gasteiger partial charge in [-0.05, 0) is 50.4 Å². The molecule has 1 aromatic heterocycles. The van der Waals surface area contributed by atoms with E-state index in [-0.39, 0.29) is 25.0 Å². The third kappa shape index (κ3) is 9.89. The van der Waals surface area contributed by atoms with E-state index >= 15 is 0 Å². The molecule has 0 saturated carbocycles. The van der Waals surface area contributed by atoms with Crippen LogP contribution in [0.4, 0.5) is 0 Å². The highest BCUT2D eigenvalue weighted by molar-refractivity contribution is 5.94. The van der Waals surface area contributed by atoms with E-state index in [2.05, 4.69) is 25.9 Å². The van der Waals surface area contributed by atoms with Crippen LogP contribution in [0.5, 0.6) is 5.75 Å². The van der Waals surface area contributed by atoms with Gasteiger partial charge in [0.1, 0.15) is 23.9 Å². The number of carboxylic acids is 1. The first-order valence-electron chi connectivity index (χ1n) is 12.0. The SMILES string of the molecule is CC(NC(=O)C(N)Cc1cnc[nH]1)C(=O)NC(Cc1ccc(O)cc1)C(=O)NC(CCCCN)C(=O)O. The van der Waals surface area contributed by atoms with Crippen molar-refractivity contribution in [2.24, 2.45) is 11.5 Å². The number of phenolic OH excluding ortho intramolecular Hbond substituents is 1. The van der Waals surface area contributed by atoms with Gasteiger partial charge in [0.2, 0.25) is 17.7 Å². The summed E-state index contributed by atoms with van der Waals surface area (Å²) in [5, 5.41) is 26.6. The summed E-state index contributed by atoms with van der Waals surface area (Å²) >= 11 is 0. The van der Waals surface area contributed by atoms with Gasteiger partial charge in [0.05, 0.1) is 12.4 Å². The number of hydrogen-bond donors (Lipinski definition) is 8. The molecule has 0 aliphatic rings. The number of carbonyl (C=O) groups is 4. The van der Waals surface area contributed by atoms with Crippen molar-refractivity contribution < 1.29 is 29.4 Å². The zero-order valence-electron chi connectivity index (χ0n) is 20.6. The Morgan fingerprint density at radius 1 is 0.973 bits per heavy atom. The fourth-order valence-electron chi connectivity index (χ4n) is 3.51. The molecule has 3 amide bonds. The van der Waals surface area contributed by atoms with Crippen molar-refractivity contribution in [2.45, 2.75) is 63.2 Å². The molecule has 10 N–H and O–H groups in total. The molecule has 4 atom stereocenters. The van der Waals surface area contributed by atoms with Gasteiger partial charge in [-0.1, -0.05) is 12.1 Å². The molecule has 0 radical (unpaired) electrons. The third-order valence-corrected chi connectivity index (χ3v) is 5.65. The van der Waals surface area contributed by atoms with Crippen LogP contribution < -0.4 is 27.4 Å². The Bertz CT molecular complexity index is 1030. The fourth-order valence-corrected chi connectivity index (χ4v) is 3.51. The predicted molar refractivity (Wildman–Crippen MR) is 134 cm³/mol. The smallest absolute Gasteiger partial charge is 0.326 e. The highest BCUT2D eigenvalue weighted by atomic mass is 16.4. The Kier molecular flexibility index (Phi) is 11.5. The number of unbranched alkanes of at least 4 members (excludes halogenated alkanes) is 1. The molecule has 0 saturated heterocycles. The van der Waals surface area contributed by atoms with Crippen LogP contribution in [-0.2, 0) is 32.0 Å². The van der Waals surface area contributed by atoms with E-state index in [1.54, 1.807) is 12.1 Å². The number of aromatic hydroxyl groups is 1. The van der Waals surface area contributed by atoms with Crippen molar-refractivity contribution in [1.82, 2.24) is 25.9 Å². The lowest BCUT2D eigenvalue weighted by Gasteiger charge is -2.24. The lowest BCUT2D eigenvalue weighted by Crippen LogP contribution is -2.57. The van der Waals surface area contributed by atoms with Crippen molar-refractivity contribution in [1.29, 1.82) is 0 Å². The standard InChI is InChI=1S/C24H35N7O6/c1-14(29-22(34)18(26)11-16-12-27-13-28-16)21(33)31-20(10-15-5-7-17(32)8-6-15)23(35)30-19(24(36)37)4-2-3-9-25/h5-8,12-14,18-20,32H,2-4,9-11,25-26H2,1H3,(H,27,28)(H,29,34)(H,30,35)(H,31,33)(H,36,37). The van der Waals surface area contributed by atoms with Crippen LogP contribution >= 0.6 is 0 Å². The zero-order chi connectivity index (χ0) is 27.4. The molecule has 13 nitrogen and oxygen atoms in total. The van der Waals surface area contributed by atoms with E-state index in [1.165, 1.54) is 31.6 Å². The van der Waals surface area contributed by atoms with Crippen LogP contribution in [0, 0.1) is 0 Å². The fraction of sp³-hybridized carbons (Fsp3) is 0.458. The molecule has 1 heterocycles. The van der Waals surface area contributed by atoms with E-state index in [0.29, 0.717) is 30.6 Å². The number of H-pyrrole nitrogens is 1. The normalized spacial score (nSPS) is 14.1. The Hall–Kier alpha value is -3.97. The quantitative estimate of drug-likeness (QED) is 0.134. The van der Waals surface area contributed by atoms with Crippen molar-refractivity contribution in [3.8, 4) is 5.75 Å². The molecule has 4 unspecified atom stereocenters. The molecule has 37 heavy (non-hydrogen) atoms. The van der Waals surface area contributed by atoms with Crippen molar-refractivity contribution in [3.63, 3.8) is 0 Å². The molecule has 202 valence electrons. The van der Waals surface area contributed by atoms with Crippen molar-refractivity contribution in [2.75, 3.05) is 6.54 Å². The summed E-state index contributed by atoms with van der Waals surface area (Å²) in [4.78, 5) is 56.7. The molecule has 0 fully saturated rings. The lowest BCUT2D eigenvalue weighted by molar-refractivity contribution is -0.142. The summed E-state index contributed by atoms with van der Waals surface area (Å²) in [7, 11) is 0. The van der Waals surface area contributed by atoms with E-state index in [4.69, 9.17) is 11.5 Å². The molecule has 2 rings (SSSR count). The monoisotopic (exact) mass is 517 g/mol. The number of aromatic nitrogens is 2. The zero-order valence-corrected chi connectivity index (χ0v) is 20.6. The molecule has 0 spiro atoms. The largest absolute Gasteiger partial charge is 0.508 e. The van der Waals surface area contributed by atoms with Crippen LogP contribution in [-0.4, -0.2) is 74.6 Å². The maximum atomic E-state index is 13.0. The lowest BCUT2D eigenvalue weighted by atomic mass is 10.0. The minimum Gasteiger partial charge on any atom is -0.508 e. The van der Waals surface area contributed by atoms with Crippen molar-refractivity contribution in [3.05, 3.63) is 48.0 Å². The molecule has 13 heteroatoms. The molecule has 0 aliphatic heterocycles. The number of aliphatic carboxylic acids is 1. The molecule has 2 aromatic rings. The number of nitrogens with zero attached hydrogens (tertiary/aromatic N) is 1. The van der Waals surface area contributed by atoms with E-state index in [0.717, 1.165) is 0 Å². The topological polar surface area (TPSA) is 226 Å². The minimum atomic E-state index is -1.20. The van der Waals surface area contributed by atoms with Gasteiger partial charge in [-0.2, -0.15) is 0 Å². The first-order valence-corrected chi connectivity index (χ1v) is 12.0.